The first-order chi connectivity index (χ1) is 9.84. The summed E-state index contributed by atoms with van der Waals surface area (Å²) >= 11 is 0. The minimum Gasteiger partial charge on any atom is -0.497 e. The van der Waals surface area contributed by atoms with Crippen LogP contribution in [0.2, 0.25) is 0 Å². The van der Waals surface area contributed by atoms with E-state index in [1.807, 2.05) is 49.9 Å². The number of ether oxygens (including phenoxy) is 1. The van der Waals surface area contributed by atoms with Crippen molar-refractivity contribution < 1.29 is 9.53 Å². The van der Waals surface area contributed by atoms with Crippen LogP contribution in [-0.4, -0.2) is 30.5 Å². The van der Waals surface area contributed by atoms with Crippen LogP contribution in [0.15, 0.2) is 24.3 Å². The molecule has 0 bridgehead atoms. The molecule has 1 heterocycles. The smallest absolute Gasteiger partial charge is 0.240 e. The largest absolute Gasteiger partial charge is 0.497 e. The predicted octanol–water partition coefficient (Wildman–Crippen LogP) is 2.73. The molecule has 116 valence electrons. The minimum atomic E-state index is -0.462. The van der Waals surface area contributed by atoms with Gasteiger partial charge in [0.15, 0.2) is 0 Å². The summed E-state index contributed by atoms with van der Waals surface area (Å²) in [4.78, 5) is 14.6. The third kappa shape index (κ3) is 3.38. The molecule has 1 aliphatic heterocycles. The third-order valence-corrected chi connectivity index (χ3v) is 4.24. The maximum absolute atomic E-state index is 12.7. The second kappa shape index (κ2) is 6.06. The Morgan fingerprint density at radius 2 is 1.95 bits per heavy atom. The zero-order chi connectivity index (χ0) is 15.6. The van der Waals surface area contributed by atoms with Gasteiger partial charge >= 0.3 is 0 Å². The molecular weight excluding hydrogens is 264 g/mol. The molecule has 0 radical (unpaired) electrons. The number of benzene rings is 1. The lowest BCUT2D eigenvalue weighted by molar-refractivity contribution is -0.135. The first-order valence-corrected chi connectivity index (χ1v) is 7.54. The lowest BCUT2D eigenvalue weighted by atomic mass is 9.86. The van der Waals surface area contributed by atoms with E-state index >= 15 is 0 Å². The maximum atomic E-state index is 12.7. The average molecular weight is 290 g/mol. The van der Waals surface area contributed by atoms with Gasteiger partial charge in [0.2, 0.25) is 5.91 Å². The zero-order valence-corrected chi connectivity index (χ0v) is 13.4. The van der Waals surface area contributed by atoms with Crippen LogP contribution in [0, 0.1) is 5.41 Å². The fourth-order valence-corrected chi connectivity index (χ4v) is 2.75. The fraction of sp³-hybridized carbons (Fsp3) is 0.588. The fourth-order valence-electron chi connectivity index (χ4n) is 2.75. The van der Waals surface area contributed by atoms with E-state index in [4.69, 9.17) is 10.5 Å². The van der Waals surface area contributed by atoms with E-state index in [1.54, 1.807) is 7.11 Å². The van der Waals surface area contributed by atoms with Crippen molar-refractivity contribution in [2.45, 2.75) is 45.7 Å². The van der Waals surface area contributed by atoms with Crippen LogP contribution in [0.5, 0.6) is 5.75 Å². The molecule has 0 aromatic heterocycles. The summed E-state index contributed by atoms with van der Waals surface area (Å²) in [6.45, 7) is 6.81. The van der Waals surface area contributed by atoms with Crippen LogP contribution in [0.1, 0.15) is 45.2 Å². The third-order valence-electron chi connectivity index (χ3n) is 4.24. The molecule has 2 rings (SSSR count). The van der Waals surface area contributed by atoms with E-state index < -0.39 is 6.04 Å². The number of carbonyl (C=O) groups is 1. The van der Waals surface area contributed by atoms with Gasteiger partial charge in [-0.3, -0.25) is 4.79 Å². The van der Waals surface area contributed by atoms with Gasteiger partial charge in [0.05, 0.1) is 19.2 Å². The molecule has 0 saturated carbocycles. The molecule has 2 atom stereocenters. The molecule has 1 aromatic rings. The number of hydrogen-bond acceptors (Lipinski definition) is 3. The molecule has 0 spiro atoms. The number of hydrogen-bond donors (Lipinski definition) is 1. The van der Waals surface area contributed by atoms with Crippen LogP contribution in [-0.2, 0) is 4.79 Å². The zero-order valence-electron chi connectivity index (χ0n) is 13.4. The Balaban J connectivity index is 2.18. The number of amides is 1. The Bertz CT molecular complexity index is 491. The number of carbonyl (C=O) groups excluding carboxylic acids is 1. The molecule has 2 N–H and O–H groups in total. The van der Waals surface area contributed by atoms with Gasteiger partial charge < -0.3 is 15.4 Å². The summed E-state index contributed by atoms with van der Waals surface area (Å²) < 4.78 is 5.19. The molecule has 1 saturated heterocycles. The molecule has 1 amide bonds. The SMILES string of the molecule is COc1ccc(C2CCCN2C(=O)[C@H](N)C(C)(C)C)cc1. The summed E-state index contributed by atoms with van der Waals surface area (Å²) in [5.74, 6) is 0.891. The van der Waals surface area contributed by atoms with Gasteiger partial charge in [0.25, 0.3) is 0 Å². The molecular formula is C17H26N2O2. The van der Waals surface area contributed by atoms with Gasteiger partial charge in [-0.1, -0.05) is 32.9 Å². The van der Waals surface area contributed by atoms with Crippen molar-refractivity contribution >= 4 is 5.91 Å². The minimum absolute atomic E-state index is 0.0563. The molecule has 1 aromatic carbocycles. The van der Waals surface area contributed by atoms with Gasteiger partial charge in [-0.05, 0) is 36.0 Å². The summed E-state index contributed by atoms with van der Waals surface area (Å²) in [5, 5.41) is 0. The maximum Gasteiger partial charge on any atom is 0.240 e. The second-order valence-corrected chi connectivity index (χ2v) is 6.81. The lowest BCUT2D eigenvalue weighted by Gasteiger charge is -2.33. The van der Waals surface area contributed by atoms with Crippen molar-refractivity contribution in [3.05, 3.63) is 29.8 Å². The molecule has 0 aliphatic carbocycles. The Morgan fingerprint density at radius 1 is 1.33 bits per heavy atom. The molecule has 4 heteroatoms. The van der Waals surface area contributed by atoms with E-state index in [0.717, 1.165) is 30.7 Å². The standard InChI is InChI=1S/C17H26N2O2/c1-17(2,3)15(18)16(20)19-11-5-6-14(19)12-7-9-13(21-4)10-8-12/h7-10,14-15H,5-6,11,18H2,1-4H3/t14?,15-/m0/s1. The predicted molar refractivity (Wildman–Crippen MR) is 84.1 cm³/mol. The van der Waals surface area contributed by atoms with E-state index in [9.17, 15) is 4.79 Å². The van der Waals surface area contributed by atoms with E-state index in [1.165, 1.54) is 0 Å². The van der Waals surface area contributed by atoms with Crippen LogP contribution < -0.4 is 10.5 Å². The van der Waals surface area contributed by atoms with Crippen molar-refractivity contribution in [2.75, 3.05) is 13.7 Å². The van der Waals surface area contributed by atoms with Gasteiger partial charge in [-0.25, -0.2) is 0 Å². The second-order valence-electron chi connectivity index (χ2n) is 6.81. The number of nitrogens with two attached hydrogens (primary N) is 1. The molecule has 1 unspecified atom stereocenters. The van der Waals surface area contributed by atoms with Crippen LogP contribution in [0.4, 0.5) is 0 Å². The Labute approximate surface area is 127 Å². The van der Waals surface area contributed by atoms with Gasteiger partial charge in [0.1, 0.15) is 5.75 Å². The number of rotatable bonds is 3. The van der Waals surface area contributed by atoms with Crippen molar-refractivity contribution in [3.8, 4) is 5.75 Å². The summed E-state index contributed by atoms with van der Waals surface area (Å²) in [6, 6.07) is 7.64. The highest BCUT2D eigenvalue weighted by Crippen LogP contribution is 2.34. The van der Waals surface area contributed by atoms with Crippen molar-refractivity contribution in [1.29, 1.82) is 0 Å². The lowest BCUT2D eigenvalue weighted by Crippen LogP contribution is -2.50. The Hall–Kier alpha value is -1.55. The van der Waals surface area contributed by atoms with Crippen molar-refractivity contribution in [1.82, 2.24) is 4.90 Å². The Kier molecular flexibility index (Phi) is 4.57. The van der Waals surface area contributed by atoms with Gasteiger partial charge in [-0.15, -0.1) is 0 Å². The highest BCUT2D eigenvalue weighted by molar-refractivity contribution is 5.83. The van der Waals surface area contributed by atoms with Crippen molar-refractivity contribution in [2.24, 2.45) is 11.1 Å². The van der Waals surface area contributed by atoms with Crippen LogP contribution >= 0.6 is 0 Å². The number of likely N-dealkylation sites (tertiary alicyclic amines) is 1. The normalized spacial score (nSPS) is 20.4. The van der Waals surface area contributed by atoms with E-state index in [-0.39, 0.29) is 17.4 Å². The van der Waals surface area contributed by atoms with Gasteiger partial charge in [0, 0.05) is 6.54 Å². The van der Waals surface area contributed by atoms with E-state index in [2.05, 4.69) is 0 Å². The highest BCUT2D eigenvalue weighted by atomic mass is 16.5. The first-order valence-electron chi connectivity index (χ1n) is 7.54. The topological polar surface area (TPSA) is 55.6 Å². The molecule has 4 nitrogen and oxygen atoms in total. The van der Waals surface area contributed by atoms with Crippen molar-refractivity contribution in [3.63, 3.8) is 0 Å². The molecule has 1 fully saturated rings. The van der Waals surface area contributed by atoms with Crippen LogP contribution in [0.25, 0.3) is 0 Å². The number of methoxy groups -OCH3 is 1. The van der Waals surface area contributed by atoms with E-state index in [0.29, 0.717) is 0 Å². The monoisotopic (exact) mass is 290 g/mol. The van der Waals surface area contributed by atoms with Crippen LogP contribution in [0.3, 0.4) is 0 Å². The molecule has 21 heavy (non-hydrogen) atoms. The Morgan fingerprint density at radius 3 is 2.48 bits per heavy atom. The first kappa shape index (κ1) is 15.8. The molecule has 1 aliphatic rings. The summed E-state index contributed by atoms with van der Waals surface area (Å²) in [7, 11) is 1.66. The van der Waals surface area contributed by atoms with Gasteiger partial charge in [-0.2, -0.15) is 0 Å². The summed E-state index contributed by atoms with van der Waals surface area (Å²) in [5.41, 5.74) is 7.09. The quantitative estimate of drug-likeness (QED) is 0.931. The summed E-state index contributed by atoms with van der Waals surface area (Å²) in [6.07, 6.45) is 2.02. The number of nitrogens with zero attached hydrogens (tertiary/aromatic N) is 1. The average Bonchev–Trinajstić information content (AvgIpc) is 2.94. The highest BCUT2D eigenvalue weighted by Gasteiger charge is 2.36.